The van der Waals surface area contributed by atoms with Crippen LogP contribution in [0.2, 0.25) is 0 Å². The van der Waals surface area contributed by atoms with Crippen LogP contribution in [0, 0.1) is 0 Å². The van der Waals surface area contributed by atoms with Gasteiger partial charge < -0.3 is 10.1 Å². The zero-order valence-electron chi connectivity index (χ0n) is 11.3. The van der Waals surface area contributed by atoms with Crippen LogP contribution in [0.1, 0.15) is 18.4 Å². The highest BCUT2D eigenvalue weighted by Crippen LogP contribution is 1.90. The van der Waals surface area contributed by atoms with E-state index in [0.29, 0.717) is 19.6 Å². The standard InChI is InChI=1S/C13H18N4O3/c1-20-7-3-6-15-12(18)8-13(19)17-16-10-11-4-2-5-14-9-11/h2,4-5,9-10H,3,6-8H2,1H3,(H,15,18)(H,17,19)/b16-10-. The Kier molecular flexibility index (Phi) is 7.59. The highest BCUT2D eigenvalue weighted by Gasteiger charge is 2.07. The van der Waals surface area contributed by atoms with Crippen molar-refractivity contribution in [2.75, 3.05) is 20.3 Å². The number of hydrogen-bond donors (Lipinski definition) is 2. The summed E-state index contributed by atoms with van der Waals surface area (Å²) < 4.78 is 4.85. The van der Waals surface area contributed by atoms with Gasteiger partial charge in [0.1, 0.15) is 6.42 Å². The third kappa shape index (κ3) is 7.22. The smallest absolute Gasteiger partial charge is 0.249 e. The topological polar surface area (TPSA) is 92.7 Å². The highest BCUT2D eigenvalue weighted by molar-refractivity contribution is 5.97. The summed E-state index contributed by atoms with van der Waals surface area (Å²) in [5.74, 6) is -0.801. The zero-order valence-corrected chi connectivity index (χ0v) is 11.3. The van der Waals surface area contributed by atoms with Crippen LogP contribution < -0.4 is 10.7 Å². The van der Waals surface area contributed by atoms with Gasteiger partial charge >= 0.3 is 0 Å². The Morgan fingerprint density at radius 1 is 1.45 bits per heavy atom. The maximum atomic E-state index is 11.4. The van der Waals surface area contributed by atoms with E-state index in [-0.39, 0.29) is 12.3 Å². The number of hydrogen-bond acceptors (Lipinski definition) is 5. The van der Waals surface area contributed by atoms with Crippen LogP contribution in [-0.2, 0) is 14.3 Å². The van der Waals surface area contributed by atoms with Gasteiger partial charge in [-0.25, -0.2) is 5.43 Å². The fourth-order valence-corrected chi connectivity index (χ4v) is 1.32. The molecule has 0 saturated heterocycles. The lowest BCUT2D eigenvalue weighted by Gasteiger charge is -2.03. The van der Waals surface area contributed by atoms with Crippen LogP contribution in [0.5, 0.6) is 0 Å². The molecule has 0 aromatic carbocycles. The predicted molar refractivity (Wildman–Crippen MR) is 74.1 cm³/mol. The quantitative estimate of drug-likeness (QED) is 0.305. The molecule has 0 aliphatic rings. The molecule has 108 valence electrons. The normalized spacial score (nSPS) is 10.4. The van der Waals surface area contributed by atoms with E-state index in [1.54, 1.807) is 31.6 Å². The average molecular weight is 278 g/mol. The number of carbonyl (C=O) groups is 2. The molecule has 2 N–H and O–H groups in total. The minimum atomic E-state index is -0.464. The predicted octanol–water partition coefficient (Wildman–Crippen LogP) is 0.0745. The number of methoxy groups -OCH3 is 1. The Hall–Kier alpha value is -2.28. The summed E-state index contributed by atoms with van der Waals surface area (Å²) >= 11 is 0. The van der Waals surface area contributed by atoms with Gasteiger partial charge in [-0.05, 0) is 12.5 Å². The van der Waals surface area contributed by atoms with Gasteiger partial charge in [-0.15, -0.1) is 0 Å². The number of aromatic nitrogens is 1. The third-order valence-corrected chi connectivity index (χ3v) is 2.26. The van der Waals surface area contributed by atoms with Crippen molar-refractivity contribution >= 4 is 18.0 Å². The van der Waals surface area contributed by atoms with Gasteiger partial charge in [0, 0.05) is 38.2 Å². The Morgan fingerprint density at radius 2 is 2.30 bits per heavy atom. The van der Waals surface area contributed by atoms with E-state index in [2.05, 4.69) is 20.8 Å². The Labute approximate surface area is 117 Å². The van der Waals surface area contributed by atoms with Gasteiger partial charge in [-0.3, -0.25) is 14.6 Å². The molecule has 1 heterocycles. The maximum Gasteiger partial charge on any atom is 0.249 e. The minimum absolute atomic E-state index is 0.253. The van der Waals surface area contributed by atoms with Gasteiger partial charge in [-0.2, -0.15) is 5.10 Å². The largest absolute Gasteiger partial charge is 0.385 e. The summed E-state index contributed by atoms with van der Waals surface area (Å²) in [6, 6.07) is 3.56. The molecular weight excluding hydrogens is 260 g/mol. The summed E-state index contributed by atoms with van der Waals surface area (Å²) in [5.41, 5.74) is 3.04. The van der Waals surface area contributed by atoms with E-state index in [1.165, 1.54) is 6.21 Å². The second kappa shape index (κ2) is 9.62. The van der Waals surface area contributed by atoms with Crippen LogP contribution in [0.15, 0.2) is 29.6 Å². The van der Waals surface area contributed by atoms with Crippen LogP contribution in [0.25, 0.3) is 0 Å². The lowest BCUT2D eigenvalue weighted by molar-refractivity contribution is -0.129. The van der Waals surface area contributed by atoms with Crippen molar-refractivity contribution in [2.45, 2.75) is 12.8 Å². The van der Waals surface area contributed by atoms with Crippen molar-refractivity contribution in [1.29, 1.82) is 0 Å². The number of carbonyl (C=O) groups excluding carboxylic acids is 2. The summed E-state index contributed by atoms with van der Waals surface area (Å²) in [6.45, 7) is 1.06. The Balaban J connectivity index is 2.19. The third-order valence-electron chi connectivity index (χ3n) is 2.26. The summed E-state index contributed by atoms with van der Waals surface area (Å²) in [4.78, 5) is 26.7. The number of hydrazone groups is 1. The zero-order chi connectivity index (χ0) is 14.6. The van der Waals surface area contributed by atoms with E-state index < -0.39 is 5.91 Å². The lowest BCUT2D eigenvalue weighted by atomic mass is 10.3. The molecule has 7 nitrogen and oxygen atoms in total. The first kappa shape index (κ1) is 15.8. The first-order chi connectivity index (χ1) is 9.72. The molecule has 0 fully saturated rings. The molecule has 0 saturated carbocycles. The number of nitrogens with one attached hydrogen (secondary N) is 2. The van der Waals surface area contributed by atoms with Crippen LogP contribution in [0.3, 0.4) is 0 Å². The van der Waals surface area contributed by atoms with Crippen LogP contribution in [-0.4, -0.2) is 43.3 Å². The molecule has 7 heteroatoms. The van der Waals surface area contributed by atoms with Crippen LogP contribution >= 0.6 is 0 Å². The summed E-state index contributed by atoms with van der Waals surface area (Å²) in [7, 11) is 1.59. The molecule has 1 aromatic rings. The van der Waals surface area contributed by atoms with Crippen molar-refractivity contribution in [3.63, 3.8) is 0 Å². The monoisotopic (exact) mass is 278 g/mol. The fourth-order valence-electron chi connectivity index (χ4n) is 1.32. The van der Waals surface area contributed by atoms with Crippen molar-refractivity contribution in [3.05, 3.63) is 30.1 Å². The molecular formula is C13H18N4O3. The average Bonchev–Trinajstić information content (AvgIpc) is 2.45. The minimum Gasteiger partial charge on any atom is -0.385 e. The van der Waals surface area contributed by atoms with Gasteiger partial charge in [0.15, 0.2) is 0 Å². The lowest BCUT2D eigenvalue weighted by Crippen LogP contribution is -2.30. The maximum absolute atomic E-state index is 11.4. The second-order valence-corrected chi connectivity index (χ2v) is 3.95. The molecule has 0 aliphatic carbocycles. The molecule has 0 radical (unpaired) electrons. The molecule has 0 spiro atoms. The molecule has 0 bridgehead atoms. The Bertz CT molecular complexity index is 448. The first-order valence-electron chi connectivity index (χ1n) is 6.20. The van der Waals surface area contributed by atoms with E-state index in [1.807, 2.05) is 0 Å². The van der Waals surface area contributed by atoms with Crippen molar-refractivity contribution in [2.24, 2.45) is 5.10 Å². The van der Waals surface area contributed by atoms with E-state index >= 15 is 0 Å². The van der Waals surface area contributed by atoms with Gasteiger partial charge in [0.2, 0.25) is 11.8 Å². The van der Waals surface area contributed by atoms with Gasteiger partial charge in [-0.1, -0.05) is 6.07 Å². The van der Waals surface area contributed by atoms with Gasteiger partial charge in [0.05, 0.1) is 6.21 Å². The molecule has 0 unspecified atom stereocenters. The fraction of sp³-hybridized carbons (Fsp3) is 0.385. The van der Waals surface area contributed by atoms with Gasteiger partial charge in [0.25, 0.3) is 0 Å². The molecule has 20 heavy (non-hydrogen) atoms. The van der Waals surface area contributed by atoms with Crippen molar-refractivity contribution < 1.29 is 14.3 Å². The second-order valence-electron chi connectivity index (χ2n) is 3.95. The van der Waals surface area contributed by atoms with Crippen molar-refractivity contribution in [1.82, 2.24) is 15.7 Å². The molecule has 1 rings (SSSR count). The SMILES string of the molecule is COCCCNC(=O)CC(=O)N/N=C\c1cccnc1. The van der Waals surface area contributed by atoms with E-state index in [9.17, 15) is 9.59 Å². The summed E-state index contributed by atoms with van der Waals surface area (Å²) in [6.07, 6.45) is 5.17. The molecule has 0 atom stereocenters. The molecule has 1 aromatic heterocycles. The van der Waals surface area contributed by atoms with Crippen molar-refractivity contribution in [3.8, 4) is 0 Å². The molecule has 0 aliphatic heterocycles. The number of amides is 2. The molecule has 2 amide bonds. The Morgan fingerprint density at radius 3 is 3.00 bits per heavy atom. The highest BCUT2D eigenvalue weighted by atomic mass is 16.5. The number of ether oxygens (including phenoxy) is 1. The number of pyridine rings is 1. The number of rotatable bonds is 8. The summed E-state index contributed by atoms with van der Waals surface area (Å²) in [5, 5.41) is 6.35. The van der Waals surface area contributed by atoms with E-state index in [0.717, 1.165) is 5.56 Å². The van der Waals surface area contributed by atoms with E-state index in [4.69, 9.17) is 4.74 Å². The van der Waals surface area contributed by atoms with Crippen LogP contribution in [0.4, 0.5) is 0 Å². The first-order valence-corrected chi connectivity index (χ1v) is 6.20. The number of nitrogens with zero attached hydrogens (tertiary/aromatic N) is 2.